The van der Waals surface area contributed by atoms with Crippen molar-refractivity contribution < 1.29 is 4.79 Å². The minimum absolute atomic E-state index is 0.171. The van der Waals surface area contributed by atoms with E-state index < -0.39 is 5.91 Å². The smallest absolute Gasteiger partial charge is 0.267 e. The summed E-state index contributed by atoms with van der Waals surface area (Å²) in [6, 6.07) is 16.6. The molecule has 0 aliphatic rings. The van der Waals surface area contributed by atoms with Crippen LogP contribution in [0.2, 0.25) is 0 Å². The molecule has 0 fully saturated rings. The second-order valence-corrected chi connectivity index (χ2v) is 5.54. The largest absolute Gasteiger partial charge is 0.292 e. The summed E-state index contributed by atoms with van der Waals surface area (Å²) in [6.07, 6.45) is 0.672. The fraction of sp³-hybridized carbons (Fsp3) is 0.158. The number of hydrogen-bond acceptors (Lipinski definition) is 4. The highest BCUT2D eigenvalue weighted by atomic mass is 16.2. The number of hydrogen-bond donors (Lipinski definition) is 1. The first-order valence-electron chi connectivity index (χ1n) is 8.00. The van der Waals surface area contributed by atoms with Crippen LogP contribution in [0.5, 0.6) is 0 Å². The Morgan fingerprint density at radius 1 is 1.08 bits per heavy atom. The number of nitrogens with one attached hydrogen (secondary N) is 1. The van der Waals surface area contributed by atoms with Gasteiger partial charge >= 0.3 is 0 Å². The predicted octanol–water partition coefficient (Wildman–Crippen LogP) is 2.48. The van der Waals surface area contributed by atoms with Crippen LogP contribution in [0, 0.1) is 0 Å². The Bertz CT molecular complexity index is 1010. The van der Waals surface area contributed by atoms with Crippen molar-refractivity contribution >= 4 is 22.4 Å². The number of benzene rings is 2. The van der Waals surface area contributed by atoms with Crippen LogP contribution in [0.25, 0.3) is 10.8 Å². The van der Waals surface area contributed by atoms with Gasteiger partial charge in [0, 0.05) is 12.4 Å². The standard InChI is InChI=1S/C19H18N4O2/c1-3-16(13-9-5-4-6-10-13)20-21-18(24)17-14-11-7-8-12-15(14)19(25)23(2)22-17/h4-12H,3H2,1-2H3,(H,21,24)/b20-16-. The Hall–Kier alpha value is -3.28. The first-order valence-corrected chi connectivity index (χ1v) is 8.00. The zero-order valence-corrected chi connectivity index (χ0v) is 14.1. The van der Waals surface area contributed by atoms with Crippen molar-refractivity contribution in [3.63, 3.8) is 0 Å². The normalized spacial score (nSPS) is 11.5. The number of aryl methyl sites for hydroxylation is 1. The lowest BCUT2D eigenvalue weighted by Crippen LogP contribution is -2.27. The van der Waals surface area contributed by atoms with Gasteiger partial charge in [-0.2, -0.15) is 10.2 Å². The topological polar surface area (TPSA) is 76.3 Å². The molecule has 6 nitrogen and oxygen atoms in total. The molecule has 0 aliphatic carbocycles. The van der Waals surface area contributed by atoms with E-state index in [0.717, 1.165) is 11.3 Å². The first-order chi connectivity index (χ1) is 12.1. The van der Waals surface area contributed by atoms with E-state index in [0.29, 0.717) is 17.2 Å². The quantitative estimate of drug-likeness (QED) is 0.588. The Morgan fingerprint density at radius 3 is 2.40 bits per heavy atom. The van der Waals surface area contributed by atoms with Gasteiger partial charge in [-0.25, -0.2) is 10.1 Å². The van der Waals surface area contributed by atoms with Crippen LogP contribution < -0.4 is 11.0 Å². The van der Waals surface area contributed by atoms with Gasteiger partial charge in [-0.3, -0.25) is 9.59 Å². The van der Waals surface area contributed by atoms with Crippen LogP contribution in [0.3, 0.4) is 0 Å². The fourth-order valence-electron chi connectivity index (χ4n) is 2.62. The maximum absolute atomic E-state index is 12.6. The van der Waals surface area contributed by atoms with Gasteiger partial charge in [-0.05, 0) is 18.1 Å². The molecular formula is C19H18N4O2. The monoisotopic (exact) mass is 334 g/mol. The third-order valence-electron chi connectivity index (χ3n) is 3.91. The molecule has 0 bridgehead atoms. The van der Waals surface area contributed by atoms with Crippen LogP contribution in [0.1, 0.15) is 29.4 Å². The molecule has 1 N–H and O–H groups in total. The lowest BCUT2D eigenvalue weighted by atomic mass is 10.1. The number of hydrazone groups is 1. The summed E-state index contributed by atoms with van der Waals surface area (Å²) in [7, 11) is 1.52. The SMILES string of the molecule is CC/C(=N/NC(=O)c1nn(C)c(=O)c2ccccc12)c1ccccc1. The van der Waals surface area contributed by atoms with Crippen molar-refractivity contribution in [2.24, 2.45) is 12.1 Å². The third kappa shape index (κ3) is 3.33. The molecule has 3 aromatic rings. The summed E-state index contributed by atoms with van der Waals surface area (Å²) in [5.41, 5.74) is 4.20. The van der Waals surface area contributed by atoms with Crippen molar-refractivity contribution in [1.29, 1.82) is 0 Å². The summed E-state index contributed by atoms with van der Waals surface area (Å²) < 4.78 is 1.17. The molecule has 1 aromatic heterocycles. The molecule has 0 spiro atoms. The highest BCUT2D eigenvalue weighted by Crippen LogP contribution is 2.13. The highest BCUT2D eigenvalue weighted by Gasteiger charge is 2.15. The highest BCUT2D eigenvalue weighted by molar-refractivity contribution is 6.06. The molecule has 0 radical (unpaired) electrons. The van der Waals surface area contributed by atoms with E-state index in [9.17, 15) is 9.59 Å². The lowest BCUT2D eigenvalue weighted by molar-refractivity contribution is 0.0949. The van der Waals surface area contributed by atoms with Crippen molar-refractivity contribution in [3.8, 4) is 0 Å². The average molecular weight is 334 g/mol. The van der Waals surface area contributed by atoms with Gasteiger partial charge in [0.25, 0.3) is 11.5 Å². The molecule has 2 aromatic carbocycles. The number of carbonyl (C=O) groups excluding carboxylic acids is 1. The van der Waals surface area contributed by atoms with E-state index in [1.165, 1.54) is 11.7 Å². The lowest BCUT2D eigenvalue weighted by Gasteiger charge is -2.08. The van der Waals surface area contributed by atoms with Crippen molar-refractivity contribution in [3.05, 3.63) is 76.2 Å². The predicted molar refractivity (Wildman–Crippen MR) is 97.7 cm³/mol. The van der Waals surface area contributed by atoms with Gasteiger partial charge in [0.2, 0.25) is 0 Å². The van der Waals surface area contributed by atoms with Gasteiger partial charge in [-0.1, -0.05) is 55.5 Å². The molecule has 0 saturated carbocycles. The van der Waals surface area contributed by atoms with Crippen LogP contribution in [-0.2, 0) is 7.05 Å². The van der Waals surface area contributed by atoms with E-state index in [1.807, 2.05) is 37.3 Å². The van der Waals surface area contributed by atoms with Gasteiger partial charge in [0.05, 0.1) is 11.1 Å². The van der Waals surface area contributed by atoms with Gasteiger partial charge in [-0.15, -0.1) is 0 Å². The summed E-state index contributed by atoms with van der Waals surface area (Å²) in [6.45, 7) is 1.97. The maximum Gasteiger partial charge on any atom is 0.292 e. The Morgan fingerprint density at radius 2 is 1.72 bits per heavy atom. The van der Waals surface area contributed by atoms with Crippen LogP contribution in [0.15, 0.2) is 64.5 Å². The number of rotatable bonds is 4. The fourth-order valence-corrected chi connectivity index (χ4v) is 2.62. The number of fused-ring (bicyclic) bond motifs is 1. The molecule has 1 amide bonds. The summed E-state index contributed by atoms with van der Waals surface area (Å²) in [5.74, 6) is -0.450. The molecule has 0 aliphatic heterocycles. The van der Waals surface area contributed by atoms with E-state index >= 15 is 0 Å². The van der Waals surface area contributed by atoms with E-state index in [4.69, 9.17) is 0 Å². The number of amides is 1. The summed E-state index contributed by atoms with van der Waals surface area (Å²) >= 11 is 0. The second kappa shape index (κ2) is 7.09. The van der Waals surface area contributed by atoms with Crippen LogP contribution >= 0.6 is 0 Å². The summed E-state index contributed by atoms with van der Waals surface area (Å²) in [5, 5.41) is 9.30. The molecular weight excluding hydrogens is 316 g/mol. The number of aromatic nitrogens is 2. The van der Waals surface area contributed by atoms with E-state index in [1.54, 1.807) is 24.3 Å². The van der Waals surface area contributed by atoms with Gasteiger partial charge < -0.3 is 0 Å². The zero-order valence-electron chi connectivity index (χ0n) is 14.1. The van der Waals surface area contributed by atoms with Crippen LogP contribution in [0.4, 0.5) is 0 Å². The average Bonchev–Trinajstić information content (AvgIpc) is 2.66. The molecule has 0 unspecified atom stereocenters. The van der Waals surface area contributed by atoms with Gasteiger partial charge in [0.15, 0.2) is 5.69 Å². The minimum Gasteiger partial charge on any atom is -0.267 e. The molecule has 3 rings (SSSR count). The third-order valence-corrected chi connectivity index (χ3v) is 3.91. The molecule has 1 heterocycles. The maximum atomic E-state index is 12.6. The molecule has 6 heteroatoms. The van der Waals surface area contributed by atoms with Crippen molar-refractivity contribution in [2.75, 3.05) is 0 Å². The van der Waals surface area contributed by atoms with E-state index in [-0.39, 0.29) is 11.3 Å². The minimum atomic E-state index is -0.450. The summed E-state index contributed by atoms with van der Waals surface area (Å²) in [4.78, 5) is 24.7. The molecule has 0 saturated heterocycles. The van der Waals surface area contributed by atoms with Crippen molar-refractivity contribution in [1.82, 2.24) is 15.2 Å². The van der Waals surface area contributed by atoms with Crippen molar-refractivity contribution in [2.45, 2.75) is 13.3 Å². The number of carbonyl (C=O) groups is 1. The zero-order chi connectivity index (χ0) is 17.8. The second-order valence-electron chi connectivity index (χ2n) is 5.54. The Kier molecular flexibility index (Phi) is 4.70. The first kappa shape index (κ1) is 16.6. The number of nitrogens with zero attached hydrogens (tertiary/aromatic N) is 3. The molecule has 126 valence electrons. The molecule has 0 atom stereocenters. The Labute approximate surface area is 144 Å². The van der Waals surface area contributed by atoms with E-state index in [2.05, 4.69) is 15.6 Å². The Balaban J connectivity index is 1.97. The molecule has 25 heavy (non-hydrogen) atoms. The van der Waals surface area contributed by atoms with Crippen LogP contribution in [-0.4, -0.2) is 21.4 Å². The van der Waals surface area contributed by atoms with Gasteiger partial charge in [0.1, 0.15) is 0 Å².